The number of tetrazole rings is 1. The second-order valence-electron chi connectivity index (χ2n) is 5.40. The lowest BCUT2D eigenvalue weighted by Gasteiger charge is -2.09. The Bertz CT molecular complexity index is 964. The maximum absolute atomic E-state index is 5.70. The van der Waals surface area contributed by atoms with Crippen LogP contribution in [0.3, 0.4) is 0 Å². The highest BCUT2D eigenvalue weighted by Crippen LogP contribution is 2.29. The van der Waals surface area contributed by atoms with Gasteiger partial charge in [-0.25, -0.2) is 0 Å². The third-order valence-electron chi connectivity index (χ3n) is 3.88. The lowest BCUT2D eigenvalue weighted by molar-refractivity contribution is 0.630. The molecule has 0 aliphatic carbocycles. The van der Waals surface area contributed by atoms with Crippen LogP contribution in [0.15, 0.2) is 54.6 Å². The molecular formula is C17H16N6. The van der Waals surface area contributed by atoms with Crippen molar-refractivity contribution >= 4 is 10.9 Å². The highest BCUT2D eigenvalue weighted by Gasteiger charge is 2.15. The van der Waals surface area contributed by atoms with Crippen LogP contribution in [-0.4, -0.2) is 24.8 Å². The van der Waals surface area contributed by atoms with Gasteiger partial charge in [-0.3, -0.25) is 0 Å². The monoisotopic (exact) mass is 304 g/mol. The number of nitrogens with zero attached hydrogens (tertiary/aromatic N) is 5. The molecule has 23 heavy (non-hydrogen) atoms. The predicted molar refractivity (Wildman–Crippen MR) is 89.0 cm³/mol. The van der Waals surface area contributed by atoms with Crippen molar-refractivity contribution in [2.45, 2.75) is 6.54 Å². The standard InChI is InChI=1S/C17H16N6/c1-22-20-17(19-21-22)16-10-13-4-2-3-5-15(13)23(16)14-8-6-12(11-18)7-9-14/h2-10H,11,18H2,1H3. The number of aryl methyl sites for hydroxylation is 1. The molecule has 0 fully saturated rings. The quantitative estimate of drug-likeness (QED) is 0.630. The van der Waals surface area contributed by atoms with Crippen LogP contribution in [0.4, 0.5) is 0 Å². The van der Waals surface area contributed by atoms with Crippen molar-refractivity contribution in [1.82, 2.24) is 24.8 Å². The van der Waals surface area contributed by atoms with E-state index >= 15 is 0 Å². The van der Waals surface area contributed by atoms with Crippen LogP contribution in [0.25, 0.3) is 28.1 Å². The van der Waals surface area contributed by atoms with Crippen LogP contribution >= 0.6 is 0 Å². The summed E-state index contributed by atoms with van der Waals surface area (Å²) in [5, 5.41) is 13.6. The zero-order valence-corrected chi connectivity index (χ0v) is 12.7. The third kappa shape index (κ3) is 2.29. The smallest absolute Gasteiger partial charge is 0.221 e. The van der Waals surface area contributed by atoms with E-state index in [9.17, 15) is 0 Å². The number of benzene rings is 2. The molecule has 6 nitrogen and oxygen atoms in total. The molecule has 114 valence electrons. The largest absolute Gasteiger partial charge is 0.326 e. The Kier molecular flexibility index (Phi) is 3.17. The number of hydrogen-bond donors (Lipinski definition) is 1. The number of para-hydroxylation sites is 1. The molecule has 0 radical (unpaired) electrons. The van der Waals surface area contributed by atoms with Gasteiger partial charge in [-0.2, -0.15) is 4.80 Å². The first-order valence-electron chi connectivity index (χ1n) is 7.40. The zero-order chi connectivity index (χ0) is 15.8. The number of fused-ring (bicyclic) bond motifs is 1. The molecule has 2 aromatic carbocycles. The molecular weight excluding hydrogens is 288 g/mol. The first-order valence-corrected chi connectivity index (χ1v) is 7.40. The fourth-order valence-electron chi connectivity index (χ4n) is 2.77. The highest BCUT2D eigenvalue weighted by molar-refractivity contribution is 5.88. The molecule has 4 aromatic rings. The van der Waals surface area contributed by atoms with Gasteiger partial charge >= 0.3 is 0 Å². The van der Waals surface area contributed by atoms with Crippen molar-refractivity contribution in [3.05, 3.63) is 60.2 Å². The van der Waals surface area contributed by atoms with Gasteiger partial charge in [-0.15, -0.1) is 10.2 Å². The predicted octanol–water partition coefficient (Wildman–Crippen LogP) is 2.28. The molecule has 2 aromatic heterocycles. The van der Waals surface area contributed by atoms with Crippen molar-refractivity contribution in [2.24, 2.45) is 12.8 Å². The van der Waals surface area contributed by atoms with Gasteiger partial charge in [0.1, 0.15) is 0 Å². The van der Waals surface area contributed by atoms with Gasteiger partial charge < -0.3 is 10.3 Å². The van der Waals surface area contributed by atoms with Crippen molar-refractivity contribution in [3.8, 4) is 17.2 Å². The van der Waals surface area contributed by atoms with Crippen molar-refractivity contribution in [3.63, 3.8) is 0 Å². The maximum Gasteiger partial charge on any atom is 0.221 e. The molecule has 2 N–H and O–H groups in total. The van der Waals surface area contributed by atoms with Crippen LogP contribution in [0.5, 0.6) is 0 Å². The van der Waals surface area contributed by atoms with Crippen molar-refractivity contribution in [2.75, 3.05) is 0 Å². The summed E-state index contributed by atoms with van der Waals surface area (Å²) < 4.78 is 2.15. The molecule has 0 saturated carbocycles. The summed E-state index contributed by atoms with van der Waals surface area (Å²) in [5.41, 5.74) is 9.87. The Balaban J connectivity index is 1.98. The van der Waals surface area contributed by atoms with Gasteiger partial charge in [0.2, 0.25) is 5.82 Å². The van der Waals surface area contributed by atoms with Gasteiger partial charge in [-0.1, -0.05) is 30.3 Å². The molecule has 0 spiro atoms. The summed E-state index contributed by atoms with van der Waals surface area (Å²) in [5.74, 6) is 0.603. The summed E-state index contributed by atoms with van der Waals surface area (Å²) in [6.45, 7) is 0.533. The lowest BCUT2D eigenvalue weighted by Crippen LogP contribution is -2.00. The second kappa shape index (κ2) is 5.33. The van der Waals surface area contributed by atoms with Gasteiger partial charge in [0.05, 0.1) is 18.3 Å². The SMILES string of the molecule is Cn1nnc(-c2cc3ccccc3n2-c2ccc(CN)cc2)n1. The minimum absolute atomic E-state index is 0.533. The third-order valence-corrected chi connectivity index (χ3v) is 3.88. The van der Waals surface area contributed by atoms with E-state index in [2.05, 4.69) is 50.3 Å². The van der Waals surface area contributed by atoms with E-state index < -0.39 is 0 Å². The molecule has 2 heterocycles. The molecule has 6 heteroatoms. The van der Waals surface area contributed by atoms with E-state index in [1.165, 1.54) is 4.80 Å². The topological polar surface area (TPSA) is 74.5 Å². The second-order valence-corrected chi connectivity index (χ2v) is 5.40. The summed E-state index contributed by atoms with van der Waals surface area (Å²) in [4.78, 5) is 1.47. The molecule has 0 aliphatic rings. The lowest BCUT2D eigenvalue weighted by atomic mass is 10.2. The van der Waals surface area contributed by atoms with Gasteiger partial charge in [-0.05, 0) is 35.0 Å². The van der Waals surface area contributed by atoms with Crippen LogP contribution in [-0.2, 0) is 13.6 Å². The summed E-state index contributed by atoms with van der Waals surface area (Å²) >= 11 is 0. The van der Waals surface area contributed by atoms with E-state index in [1.807, 2.05) is 24.3 Å². The Labute approximate surface area is 133 Å². The highest BCUT2D eigenvalue weighted by atomic mass is 15.6. The minimum Gasteiger partial charge on any atom is -0.326 e. The average molecular weight is 304 g/mol. The molecule has 4 rings (SSSR count). The molecule has 0 aliphatic heterocycles. The molecule has 0 atom stereocenters. The summed E-state index contributed by atoms with van der Waals surface area (Å²) in [6, 6.07) is 18.5. The molecule has 0 amide bonds. The number of rotatable bonds is 3. The fourth-order valence-corrected chi connectivity index (χ4v) is 2.77. The number of nitrogens with two attached hydrogens (primary N) is 1. The summed E-state index contributed by atoms with van der Waals surface area (Å²) in [7, 11) is 1.76. The number of hydrogen-bond acceptors (Lipinski definition) is 4. The molecule has 0 saturated heterocycles. The van der Waals surface area contributed by atoms with E-state index in [0.717, 1.165) is 27.8 Å². The van der Waals surface area contributed by atoms with Crippen LogP contribution < -0.4 is 5.73 Å². The van der Waals surface area contributed by atoms with Gasteiger partial charge in [0, 0.05) is 17.6 Å². The van der Waals surface area contributed by atoms with E-state index in [-0.39, 0.29) is 0 Å². The van der Waals surface area contributed by atoms with Crippen LogP contribution in [0, 0.1) is 0 Å². The first-order chi connectivity index (χ1) is 11.3. The minimum atomic E-state index is 0.533. The van der Waals surface area contributed by atoms with Gasteiger partial charge in [0.15, 0.2) is 0 Å². The normalized spacial score (nSPS) is 11.2. The zero-order valence-electron chi connectivity index (χ0n) is 12.7. The Hall–Kier alpha value is -2.99. The van der Waals surface area contributed by atoms with Crippen molar-refractivity contribution in [1.29, 1.82) is 0 Å². The Morgan fingerprint density at radius 3 is 2.52 bits per heavy atom. The number of aromatic nitrogens is 5. The van der Waals surface area contributed by atoms with Crippen LogP contribution in [0.1, 0.15) is 5.56 Å². The molecule has 0 bridgehead atoms. The van der Waals surface area contributed by atoms with Gasteiger partial charge in [0.25, 0.3) is 0 Å². The van der Waals surface area contributed by atoms with Crippen LogP contribution in [0.2, 0.25) is 0 Å². The molecule has 0 unspecified atom stereocenters. The maximum atomic E-state index is 5.70. The first kappa shape index (κ1) is 13.7. The fraction of sp³-hybridized carbons (Fsp3) is 0.118. The van der Waals surface area contributed by atoms with E-state index in [1.54, 1.807) is 7.05 Å². The summed E-state index contributed by atoms with van der Waals surface area (Å²) in [6.07, 6.45) is 0. The average Bonchev–Trinajstić information content (AvgIpc) is 3.18. The Morgan fingerprint density at radius 1 is 1.04 bits per heavy atom. The van der Waals surface area contributed by atoms with E-state index in [0.29, 0.717) is 12.4 Å². The Morgan fingerprint density at radius 2 is 1.83 bits per heavy atom. The van der Waals surface area contributed by atoms with Crippen molar-refractivity contribution < 1.29 is 0 Å². The van der Waals surface area contributed by atoms with E-state index in [4.69, 9.17) is 5.73 Å².